The van der Waals surface area contributed by atoms with E-state index in [0.717, 1.165) is 50.3 Å². The second-order valence-electron chi connectivity index (χ2n) is 6.04. The lowest BCUT2D eigenvalue weighted by molar-refractivity contribution is 0.0369. The van der Waals surface area contributed by atoms with E-state index in [0.29, 0.717) is 12.3 Å². The van der Waals surface area contributed by atoms with Crippen molar-refractivity contribution in [1.29, 1.82) is 0 Å². The highest BCUT2D eigenvalue weighted by atomic mass is 16.5. The first kappa shape index (κ1) is 15.2. The van der Waals surface area contributed by atoms with Gasteiger partial charge in [0.1, 0.15) is 0 Å². The minimum absolute atomic E-state index is 0.0372. The van der Waals surface area contributed by atoms with Crippen LogP contribution in [0.2, 0.25) is 0 Å². The molecular formula is C17H20N4O3. The van der Waals surface area contributed by atoms with Crippen molar-refractivity contribution >= 4 is 16.8 Å². The maximum absolute atomic E-state index is 12.3. The van der Waals surface area contributed by atoms with E-state index in [1.807, 2.05) is 24.3 Å². The van der Waals surface area contributed by atoms with Crippen LogP contribution in [0.5, 0.6) is 5.88 Å². The van der Waals surface area contributed by atoms with Gasteiger partial charge in [0, 0.05) is 26.2 Å². The van der Waals surface area contributed by atoms with E-state index in [1.165, 1.54) is 6.07 Å². The van der Waals surface area contributed by atoms with Crippen LogP contribution in [0.3, 0.4) is 0 Å². The maximum Gasteiger partial charge on any atom is 0.263 e. The Bertz CT molecular complexity index is 925. The zero-order valence-electron chi connectivity index (χ0n) is 13.4. The number of aromatic nitrogens is 3. The Morgan fingerprint density at radius 1 is 1.17 bits per heavy atom. The van der Waals surface area contributed by atoms with Gasteiger partial charge >= 0.3 is 0 Å². The fourth-order valence-electron chi connectivity index (χ4n) is 3.26. The van der Waals surface area contributed by atoms with Crippen molar-refractivity contribution in [2.75, 3.05) is 32.8 Å². The normalized spacial score (nSPS) is 16.2. The lowest BCUT2D eigenvalue weighted by Crippen LogP contribution is -2.37. The second kappa shape index (κ2) is 6.26. The number of benzene rings is 1. The van der Waals surface area contributed by atoms with Crippen LogP contribution in [0.4, 0.5) is 0 Å². The summed E-state index contributed by atoms with van der Waals surface area (Å²) in [6, 6.07) is 8.77. The van der Waals surface area contributed by atoms with Crippen LogP contribution < -0.4 is 5.56 Å². The van der Waals surface area contributed by atoms with Gasteiger partial charge in [0.2, 0.25) is 5.78 Å². The Balaban J connectivity index is 1.65. The minimum atomic E-state index is -0.263. The van der Waals surface area contributed by atoms with Gasteiger partial charge in [0.25, 0.3) is 5.56 Å². The molecule has 0 bridgehead atoms. The fourth-order valence-corrected chi connectivity index (χ4v) is 3.26. The number of ether oxygens (including phenoxy) is 1. The number of morpholine rings is 1. The van der Waals surface area contributed by atoms with Gasteiger partial charge in [-0.2, -0.15) is 0 Å². The van der Waals surface area contributed by atoms with Gasteiger partial charge in [-0.05, 0) is 18.6 Å². The molecule has 24 heavy (non-hydrogen) atoms. The number of aryl methyl sites for hydroxylation is 1. The molecule has 0 unspecified atom stereocenters. The first-order valence-corrected chi connectivity index (χ1v) is 8.24. The molecule has 3 heterocycles. The molecule has 0 saturated carbocycles. The predicted molar refractivity (Wildman–Crippen MR) is 90.5 cm³/mol. The standard InChI is InChI=1S/C17H20N4O3/c22-15-12-16(23)21-14-5-2-1-4-13(14)18-17(21)20(15)7-3-6-19-8-10-24-11-9-19/h1-2,4-5,12,22H,3,6-11H2. The monoisotopic (exact) mass is 328 g/mol. The third-order valence-electron chi connectivity index (χ3n) is 4.49. The van der Waals surface area contributed by atoms with E-state index in [-0.39, 0.29) is 11.4 Å². The number of rotatable bonds is 4. The van der Waals surface area contributed by atoms with E-state index >= 15 is 0 Å². The summed E-state index contributed by atoms with van der Waals surface area (Å²) < 4.78 is 8.62. The van der Waals surface area contributed by atoms with Crippen LogP contribution >= 0.6 is 0 Å². The van der Waals surface area contributed by atoms with Crippen molar-refractivity contribution in [2.24, 2.45) is 0 Å². The van der Waals surface area contributed by atoms with Crippen LogP contribution in [-0.4, -0.2) is 56.8 Å². The quantitative estimate of drug-likeness (QED) is 0.776. The molecule has 1 fully saturated rings. The molecule has 0 atom stereocenters. The summed E-state index contributed by atoms with van der Waals surface area (Å²) in [7, 11) is 0. The van der Waals surface area contributed by atoms with E-state index in [2.05, 4.69) is 9.88 Å². The molecule has 1 N–H and O–H groups in total. The van der Waals surface area contributed by atoms with Crippen LogP contribution in [0, 0.1) is 0 Å². The first-order chi connectivity index (χ1) is 11.7. The molecule has 1 saturated heterocycles. The Morgan fingerprint density at radius 3 is 2.79 bits per heavy atom. The van der Waals surface area contributed by atoms with Gasteiger partial charge in [-0.3, -0.25) is 14.3 Å². The molecule has 7 nitrogen and oxygen atoms in total. The topological polar surface area (TPSA) is 72.0 Å². The summed E-state index contributed by atoms with van der Waals surface area (Å²) in [4.78, 5) is 19.2. The number of imidazole rings is 1. The minimum Gasteiger partial charge on any atom is -0.494 e. The van der Waals surface area contributed by atoms with Gasteiger partial charge in [-0.15, -0.1) is 0 Å². The van der Waals surface area contributed by atoms with Crippen molar-refractivity contribution in [1.82, 2.24) is 18.9 Å². The average Bonchev–Trinajstić information content (AvgIpc) is 2.98. The molecule has 3 aromatic rings. The summed E-state index contributed by atoms with van der Waals surface area (Å²) in [5.74, 6) is 0.452. The molecule has 0 radical (unpaired) electrons. The highest BCUT2D eigenvalue weighted by molar-refractivity contribution is 5.79. The lowest BCUT2D eigenvalue weighted by Gasteiger charge is -2.26. The van der Waals surface area contributed by atoms with E-state index in [9.17, 15) is 9.90 Å². The number of nitrogens with zero attached hydrogens (tertiary/aromatic N) is 4. The highest BCUT2D eigenvalue weighted by Gasteiger charge is 2.14. The van der Waals surface area contributed by atoms with Gasteiger partial charge in [-0.25, -0.2) is 9.38 Å². The van der Waals surface area contributed by atoms with E-state index < -0.39 is 0 Å². The number of aromatic hydroxyl groups is 1. The molecule has 2 aromatic heterocycles. The molecule has 1 aliphatic rings. The summed E-state index contributed by atoms with van der Waals surface area (Å²) in [6.45, 7) is 4.98. The van der Waals surface area contributed by atoms with Gasteiger partial charge in [0.05, 0.1) is 30.3 Å². The summed E-state index contributed by atoms with van der Waals surface area (Å²) >= 11 is 0. The lowest BCUT2D eigenvalue weighted by atomic mass is 10.3. The SMILES string of the molecule is O=c1cc(O)n(CCCN2CCOCC2)c2nc3ccccc3n12. The molecule has 4 rings (SSSR count). The van der Waals surface area contributed by atoms with Crippen LogP contribution in [0.1, 0.15) is 6.42 Å². The molecule has 126 valence electrons. The summed E-state index contributed by atoms with van der Waals surface area (Å²) in [5, 5.41) is 10.2. The fraction of sp³-hybridized carbons (Fsp3) is 0.412. The Kier molecular flexibility index (Phi) is 3.95. The van der Waals surface area contributed by atoms with Crippen molar-refractivity contribution in [3.8, 4) is 5.88 Å². The molecule has 0 spiro atoms. The largest absolute Gasteiger partial charge is 0.494 e. The Labute approximate surface area is 138 Å². The molecule has 0 amide bonds. The predicted octanol–water partition coefficient (Wildman–Crippen LogP) is 1.08. The first-order valence-electron chi connectivity index (χ1n) is 8.24. The Morgan fingerprint density at radius 2 is 1.96 bits per heavy atom. The zero-order chi connectivity index (χ0) is 16.5. The highest BCUT2D eigenvalue weighted by Crippen LogP contribution is 2.18. The number of fused-ring (bicyclic) bond motifs is 3. The molecule has 1 aromatic carbocycles. The van der Waals surface area contributed by atoms with Crippen LogP contribution in [0.25, 0.3) is 16.8 Å². The van der Waals surface area contributed by atoms with Gasteiger partial charge in [0.15, 0.2) is 5.88 Å². The number of para-hydroxylation sites is 2. The second-order valence-corrected chi connectivity index (χ2v) is 6.04. The average molecular weight is 328 g/mol. The van der Waals surface area contributed by atoms with Gasteiger partial charge < -0.3 is 9.84 Å². The zero-order valence-corrected chi connectivity index (χ0v) is 13.4. The third-order valence-corrected chi connectivity index (χ3v) is 4.49. The third kappa shape index (κ3) is 2.65. The van der Waals surface area contributed by atoms with Crippen molar-refractivity contribution < 1.29 is 9.84 Å². The molecule has 1 aliphatic heterocycles. The molecule has 0 aliphatic carbocycles. The van der Waals surface area contributed by atoms with Crippen molar-refractivity contribution in [3.05, 3.63) is 40.7 Å². The summed E-state index contributed by atoms with van der Waals surface area (Å²) in [5.41, 5.74) is 1.25. The molecular weight excluding hydrogens is 308 g/mol. The van der Waals surface area contributed by atoms with Crippen molar-refractivity contribution in [2.45, 2.75) is 13.0 Å². The number of hydrogen-bond donors (Lipinski definition) is 1. The molecule has 7 heteroatoms. The maximum atomic E-state index is 12.3. The van der Waals surface area contributed by atoms with Crippen LogP contribution in [-0.2, 0) is 11.3 Å². The van der Waals surface area contributed by atoms with E-state index in [1.54, 1.807) is 8.97 Å². The van der Waals surface area contributed by atoms with Crippen LogP contribution in [0.15, 0.2) is 35.1 Å². The van der Waals surface area contributed by atoms with Crippen molar-refractivity contribution in [3.63, 3.8) is 0 Å². The van der Waals surface area contributed by atoms with Gasteiger partial charge in [-0.1, -0.05) is 12.1 Å². The Hall–Kier alpha value is -2.38. The smallest absolute Gasteiger partial charge is 0.263 e. The van der Waals surface area contributed by atoms with E-state index in [4.69, 9.17) is 4.74 Å². The number of hydrogen-bond acceptors (Lipinski definition) is 5. The summed E-state index contributed by atoms with van der Waals surface area (Å²) in [6.07, 6.45) is 0.870.